The van der Waals surface area contributed by atoms with Crippen LogP contribution < -0.4 is 10.1 Å². The molecule has 0 aliphatic carbocycles. The number of alkyl halides is 3. The van der Waals surface area contributed by atoms with Crippen LogP contribution in [0.2, 0.25) is 0 Å². The van der Waals surface area contributed by atoms with Crippen molar-refractivity contribution in [3.63, 3.8) is 0 Å². The van der Waals surface area contributed by atoms with Crippen LogP contribution in [0.5, 0.6) is 11.5 Å². The Morgan fingerprint density at radius 3 is 2.53 bits per heavy atom. The van der Waals surface area contributed by atoms with Crippen LogP contribution in [0.15, 0.2) is 46.9 Å². The summed E-state index contributed by atoms with van der Waals surface area (Å²) >= 11 is 3.36. The SMILES string of the molecule is Cc1nn(CC(=O)Nc2cc(Oc3cccc(C(F)(F)F)c3)cc([N+](=O)[O-])c2)c(C)c1Br. The first kappa shape index (κ1) is 23.3. The number of nitro groups is 1. The maximum absolute atomic E-state index is 12.9. The lowest BCUT2D eigenvalue weighted by Crippen LogP contribution is -2.20. The Balaban J connectivity index is 1.84. The number of nitro benzene ring substituents is 1. The van der Waals surface area contributed by atoms with Gasteiger partial charge in [-0.2, -0.15) is 18.3 Å². The normalized spacial score (nSPS) is 11.3. The Labute approximate surface area is 188 Å². The van der Waals surface area contributed by atoms with Gasteiger partial charge in [0.05, 0.1) is 38.1 Å². The standard InChI is InChI=1S/C20H16BrF3N4O4/c1-11-19(21)12(2)27(26-11)10-18(29)25-14-7-15(28(30)31)9-17(8-14)32-16-5-3-4-13(6-16)20(22,23)24/h3-9H,10H2,1-2H3,(H,25,29). The van der Waals surface area contributed by atoms with E-state index in [0.717, 1.165) is 40.5 Å². The maximum Gasteiger partial charge on any atom is 0.416 e. The molecule has 0 bridgehead atoms. The van der Waals surface area contributed by atoms with Crippen molar-refractivity contribution >= 4 is 33.2 Å². The molecule has 0 aliphatic heterocycles. The van der Waals surface area contributed by atoms with Gasteiger partial charge in [-0.1, -0.05) is 6.07 Å². The molecule has 1 N–H and O–H groups in total. The van der Waals surface area contributed by atoms with Crippen molar-refractivity contribution in [1.29, 1.82) is 0 Å². The number of carbonyl (C=O) groups excluding carboxylic acids is 1. The molecule has 0 saturated carbocycles. The first-order valence-corrected chi connectivity index (χ1v) is 9.87. The number of hydrogen-bond donors (Lipinski definition) is 1. The number of nitrogens with zero attached hydrogens (tertiary/aromatic N) is 3. The highest BCUT2D eigenvalue weighted by Gasteiger charge is 2.30. The minimum absolute atomic E-state index is 0.0479. The molecule has 32 heavy (non-hydrogen) atoms. The summed E-state index contributed by atoms with van der Waals surface area (Å²) in [6, 6.07) is 7.54. The van der Waals surface area contributed by atoms with Gasteiger partial charge in [-0.05, 0) is 48.0 Å². The van der Waals surface area contributed by atoms with Crippen LogP contribution in [0.4, 0.5) is 24.5 Å². The smallest absolute Gasteiger partial charge is 0.416 e. The summed E-state index contributed by atoms with van der Waals surface area (Å²) in [7, 11) is 0. The van der Waals surface area contributed by atoms with Crippen LogP contribution in [-0.2, 0) is 17.5 Å². The third-order valence-electron chi connectivity index (χ3n) is 4.37. The number of hydrogen-bond acceptors (Lipinski definition) is 5. The highest BCUT2D eigenvalue weighted by Crippen LogP contribution is 2.34. The van der Waals surface area contributed by atoms with Crippen molar-refractivity contribution in [1.82, 2.24) is 9.78 Å². The highest BCUT2D eigenvalue weighted by molar-refractivity contribution is 9.10. The van der Waals surface area contributed by atoms with Crippen LogP contribution in [0, 0.1) is 24.0 Å². The molecule has 0 aliphatic rings. The summed E-state index contributed by atoms with van der Waals surface area (Å²) in [6.45, 7) is 3.39. The summed E-state index contributed by atoms with van der Waals surface area (Å²) < 4.78 is 46.4. The second-order valence-corrected chi connectivity index (χ2v) is 7.58. The van der Waals surface area contributed by atoms with Crippen molar-refractivity contribution in [3.8, 4) is 11.5 Å². The number of carbonyl (C=O) groups is 1. The number of non-ortho nitro benzene ring substituents is 1. The van der Waals surface area contributed by atoms with Crippen molar-refractivity contribution in [2.24, 2.45) is 0 Å². The fourth-order valence-corrected chi connectivity index (χ4v) is 3.14. The molecule has 1 heterocycles. The molecule has 0 spiro atoms. The molecule has 0 fully saturated rings. The Morgan fingerprint density at radius 2 is 1.94 bits per heavy atom. The maximum atomic E-state index is 12.9. The van der Waals surface area contributed by atoms with E-state index in [1.807, 2.05) is 0 Å². The molecule has 0 radical (unpaired) electrons. The van der Waals surface area contributed by atoms with Gasteiger partial charge in [0.25, 0.3) is 5.69 Å². The number of amides is 1. The van der Waals surface area contributed by atoms with E-state index in [1.54, 1.807) is 13.8 Å². The lowest BCUT2D eigenvalue weighted by molar-refractivity contribution is -0.384. The van der Waals surface area contributed by atoms with Crippen molar-refractivity contribution in [2.75, 3.05) is 5.32 Å². The summed E-state index contributed by atoms with van der Waals surface area (Å²) in [5, 5.41) is 18.0. The predicted octanol–water partition coefficient (Wildman–Crippen LogP) is 5.62. The summed E-state index contributed by atoms with van der Waals surface area (Å²) in [4.78, 5) is 23.0. The average Bonchev–Trinajstić information content (AvgIpc) is 2.93. The quantitative estimate of drug-likeness (QED) is 0.341. The molecule has 8 nitrogen and oxygen atoms in total. The molecular formula is C20H16BrF3N4O4. The van der Waals surface area contributed by atoms with Gasteiger partial charge in [-0.3, -0.25) is 19.6 Å². The summed E-state index contributed by atoms with van der Waals surface area (Å²) in [6.07, 6.45) is -4.57. The zero-order valence-corrected chi connectivity index (χ0v) is 18.3. The van der Waals surface area contributed by atoms with Crippen LogP contribution >= 0.6 is 15.9 Å². The number of halogens is 4. The third-order valence-corrected chi connectivity index (χ3v) is 5.52. The second kappa shape index (κ2) is 8.99. The Kier molecular flexibility index (Phi) is 6.53. The molecule has 12 heteroatoms. The van der Waals surface area contributed by atoms with Gasteiger partial charge in [0.2, 0.25) is 5.91 Å². The second-order valence-electron chi connectivity index (χ2n) is 6.79. The molecule has 0 atom stereocenters. The van der Waals surface area contributed by atoms with Crippen molar-refractivity contribution < 1.29 is 27.6 Å². The van der Waals surface area contributed by atoms with E-state index in [9.17, 15) is 28.1 Å². The van der Waals surface area contributed by atoms with Crippen molar-refractivity contribution in [2.45, 2.75) is 26.6 Å². The Hall–Kier alpha value is -3.41. The number of ether oxygens (including phenoxy) is 1. The zero-order valence-electron chi connectivity index (χ0n) is 16.7. The molecule has 0 unspecified atom stereocenters. The van der Waals surface area contributed by atoms with E-state index in [1.165, 1.54) is 16.8 Å². The first-order valence-electron chi connectivity index (χ1n) is 9.08. The van der Waals surface area contributed by atoms with Gasteiger partial charge in [0, 0.05) is 12.1 Å². The van der Waals surface area contributed by atoms with E-state index in [4.69, 9.17) is 4.74 Å². The van der Waals surface area contributed by atoms with Crippen molar-refractivity contribution in [3.05, 3.63) is 74.0 Å². The number of aryl methyl sites for hydroxylation is 1. The topological polar surface area (TPSA) is 99.3 Å². The number of benzene rings is 2. The highest BCUT2D eigenvalue weighted by atomic mass is 79.9. The lowest BCUT2D eigenvalue weighted by atomic mass is 10.2. The van der Waals surface area contributed by atoms with Crippen LogP contribution in [-0.4, -0.2) is 20.6 Å². The Bertz CT molecular complexity index is 1190. The average molecular weight is 513 g/mol. The molecule has 1 amide bonds. The molecule has 3 aromatic rings. The number of nitrogens with one attached hydrogen (secondary N) is 1. The minimum atomic E-state index is -4.57. The molecular weight excluding hydrogens is 497 g/mol. The third kappa shape index (κ3) is 5.44. The molecule has 168 valence electrons. The van der Waals surface area contributed by atoms with Crippen LogP contribution in [0.1, 0.15) is 17.0 Å². The summed E-state index contributed by atoms with van der Waals surface area (Å²) in [5.41, 5.74) is 0.142. The van der Waals surface area contributed by atoms with Gasteiger partial charge >= 0.3 is 6.18 Å². The first-order chi connectivity index (χ1) is 14.9. The molecule has 1 aromatic heterocycles. The van der Waals surface area contributed by atoms with Gasteiger partial charge in [-0.15, -0.1) is 0 Å². The number of aromatic nitrogens is 2. The van der Waals surface area contributed by atoms with E-state index >= 15 is 0 Å². The largest absolute Gasteiger partial charge is 0.457 e. The van der Waals surface area contributed by atoms with Crippen LogP contribution in [0.3, 0.4) is 0 Å². The van der Waals surface area contributed by atoms with Crippen LogP contribution in [0.25, 0.3) is 0 Å². The monoisotopic (exact) mass is 512 g/mol. The molecule has 3 rings (SSSR count). The lowest BCUT2D eigenvalue weighted by Gasteiger charge is -2.12. The minimum Gasteiger partial charge on any atom is -0.457 e. The van der Waals surface area contributed by atoms with E-state index in [0.29, 0.717) is 5.69 Å². The van der Waals surface area contributed by atoms with Gasteiger partial charge in [0.1, 0.15) is 18.0 Å². The van der Waals surface area contributed by atoms with Gasteiger partial charge in [0.15, 0.2) is 0 Å². The predicted molar refractivity (Wildman–Crippen MR) is 113 cm³/mol. The molecule has 2 aromatic carbocycles. The number of anilines is 1. The van der Waals surface area contributed by atoms with Gasteiger partial charge < -0.3 is 10.1 Å². The zero-order chi connectivity index (χ0) is 23.6. The number of rotatable bonds is 6. The van der Waals surface area contributed by atoms with Gasteiger partial charge in [-0.25, -0.2) is 0 Å². The van der Waals surface area contributed by atoms with E-state index in [2.05, 4.69) is 26.3 Å². The van der Waals surface area contributed by atoms with E-state index < -0.39 is 28.3 Å². The molecule has 0 saturated heterocycles. The van der Waals surface area contributed by atoms with E-state index in [-0.39, 0.29) is 23.7 Å². The summed E-state index contributed by atoms with van der Waals surface area (Å²) in [5.74, 6) is -0.776. The fourth-order valence-electron chi connectivity index (χ4n) is 2.86. The fraction of sp³-hybridized carbons (Fsp3) is 0.200. The Morgan fingerprint density at radius 1 is 1.22 bits per heavy atom.